The molecule has 0 radical (unpaired) electrons. The molecule has 1 aromatic carbocycles. The van der Waals surface area contributed by atoms with Crippen LogP contribution in [0.4, 0.5) is 0 Å². The Hall–Kier alpha value is -2.60. The van der Waals surface area contributed by atoms with Gasteiger partial charge in [0.15, 0.2) is 0 Å². The van der Waals surface area contributed by atoms with Crippen molar-refractivity contribution < 1.29 is 9.59 Å². The first-order valence-corrected chi connectivity index (χ1v) is 8.80. The van der Waals surface area contributed by atoms with E-state index in [0.717, 1.165) is 10.2 Å². The Morgan fingerprint density at radius 3 is 2.25 bits per heavy atom. The molecule has 6 heteroatoms. The number of nitrogens with zero attached hydrogens (tertiary/aromatic N) is 2. The molecule has 4 rings (SSSR count). The van der Waals surface area contributed by atoms with Crippen LogP contribution in [0.1, 0.15) is 20.8 Å². The number of aromatic amines is 1. The predicted molar refractivity (Wildman–Crippen MR) is 94.4 cm³/mol. The van der Waals surface area contributed by atoms with E-state index in [1.807, 2.05) is 57.6 Å². The second-order valence-corrected chi connectivity index (χ2v) is 6.78. The van der Waals surface area contributed by atoms with E-state index in [0.29, 0.717) is 37.4 Å². The quantitative estimate of drug-likeness (QED) is 0.780. The second-order valence-electron chi connectivity index (χ2n) is 5.83. The van der Waals surface area contributed by atoms with Crippen LogP contribution in [-0.4, -0.2) is 52.8 Å². The zero-order chi connectivity index (χ0) is 16.5. The molecule has 0 aliphatic carbocycles. The van der Waals surface area contributed by atoms with E-state index in [1.54, 1.807) is 11.3 Å². The molecule has 0 saturated carbocycles. The molecule has 0 unspecified atom stereocenters. The maximum atomic E-state index is 12.6. The van der Waals surface area contributed by atoms with E-state index in [9.17, 15) is 9.59 Å². The highest BCUT2D eigenvalue weighted by molar-refractivity contribution is 7.17. The summed E-state index contributed by atoms with van der Waals surface area (Å²) < 4.78 is 1.09. The fourth-order valence-electron chi connectivity index (χ4n) is 3.01. The fraction of sp³-hybridized carbons (Fsp3) is 0.222. The number of carbonyl (C=O) groups excluding carboxylic acids is 2. The number of nitrogens with one attached hydrogen (secondary N) is 1. The summed E-state index contributed by atoms with van der Waals surface area (Å²) in [6, 6.07) is 13.2. The summed E-state index contributed by atoms with van der Waals surface area (Å²) in [5.41, 5.74) is 2.32. The standard InChI is InChI=1S/C18H17N3O2S/c22-17(13-4-2-1-3-5-13)20-7-9-21(10-8-20)18(23)15-12-16-14(19-15)6-11-24-16/h1-6,11-12,19H,7-10H2. The Bertz CT molecular complexity index is 847. The molecule has 5 nitrogen and oxygen atoms in total. The van der Waals surface area contributed by atoms with Crippen LogP contribution >= 0.6 is 11.3 Å². The Morgan fingerprint density at radius 1 is 0.917 bits per heavy atom. The van der Waals surface area contributed by atoms with E-state index < -0.39 is 0 Å². The average molecular weight is 339 g/mol. The number of hydrogen-bond acceptors (Lipinski definition) is 3. The van der Waals surface area contributed by atoms with Crippen molar-refractivity contribution >= 4 is 33.4 Å². The van der Waals surface area contributed by atoms with Gasteiger partial charge in [-0.2, -0.15) is 0 Å². The van der Waals surface area contributed by atoms with Gasteiger partial charge in [0.25, 0.3) is 11.8 Å². The van der Waals surface area contributed by atoms with Gasteiger partial charge in [0, 0.05) is 31.7 Å². The lowest BCUT2D eigenvalue weighted by molar-refractivity contribution is 0.0533. The lowest BCUT2D eigenvalue weighted by Crippen LogP contribution is -2.50. The summed E-state index contributed by atoms with van der Waals surface area (Å²) in [5, 5.41) is 2.00. The van der Waals surface area contributed by atoms with Crippen LogP contribution in [0.3, 0.4) is 0 Å². The van der Waals surface area contributed by atoms with Crippen molar-refractivity contribution in [3.63, 3.8) is 0 Å². The molecule has 1 N–H and O–H groups in total. The highest BCUT2D eigenvalue weighted by Crippen LogP contribution is 2.22. The van der Waals surface area contributed by atoms with Crippen molar-refractivity contribution in [2.45, 2.75) is 0 Å². The highest BCUT2D eigenvalue weighted by Gasteiger charge is 2.26. The third kappa shape index (κ3) is 2.69. The summed E-state index contributed by atoms with van der Waals surface area (Å²) >= 11 is 1.62. The number of carbonyl (C=O) groups is 2. The topological polar surface area (TPSA) is 56.4 Å². The minimum absolute atomic E-state index is 0.00482. The summed E-state index contributed by atoms with van der Waals surface area (Å²) in [6.45, 7) is 2.25. The molecule has 0 bridgehead atoms. The van der Waals surface area contributed by atoms with Gasteiger partial charge in [-0.3, -0.25) is 9.59 Å². The summed E-state index contributed by atoms with van der Waals surface area (Å²) in [5.74, 6) is 0.0355. The zero-order valence-corrected chi connectivity index (χ0v) is 13.9. The van der Waals surface area contributed by atoms with Crippen LogP contribution in [-0.2, 0) is 0 Å². The first-order chi connectivity index (χ1) is 11.7. The maximum Gasteiger partial charge on any atom is 0.270 e. The molecule has 2 amide bonds. The van der Waals surface area contributed by atoms with Crippen molar-refractivity contribution in [1.82, 2.24) is 14.8 Å². The first-order valence-electron chi connectivity index (χ1n) is 7.92. The van der Waals surface area contributed by atoms with E-state index in [2.05, 4.69) is 4.98 Å². The van der Waals surface area contributed by atoms with Crippen molar-refractivity contribution in [3.8, 4) is 0 Å². The van der Waals surface area contributed by atoms with Gasteiger partial charge in [-0.05, 0) is 29.6 Å². The molecule has 3 aromatic rings. The molecular formula is C18H17N3O2S. The van der Waals surface area contributed by atoms with Gasteiger partial charge in [0.2, 0.25) is 0 Å². The average Bonchev–Trinajstić information content (AvgIpc) is 3.23. The van der Waals surface area contributed by atoms with Gasteiger partial charge in [-0.15, -0.1) is 11.3 Å². The van der Waals surface area contributed by atoms with Crippen LogP contribution < -0.4 is 0 Å². The first kappa shape index (κ1) is 15.0. The van der Waals surface area contributed by atoms with Crippen molar-refractivity contribution in [3.05, 3.63) is 59.1 Å². The Balaban J connectivity index is 1.41. The monoisotopic (exact) mass is 339 g/mol. The third-order valence-electron chi connectivity index (χ3n) is 4.35. The van der Waals surface area contributed by atoms with Crippen LogP contribution in [0, 0.1) is 0 Å². The number of piperazine rings is 1. The molecule has 1 fully saturated rings. The highest BCUT2D eigenvalue weighted by atomic mass is 32.1. The predicted octanol–water partition coefficient (Wildman–Crippen LogP) is 2.83. The molecule has 0 spiro atoms. The van der Waals surface area contributed by atoms with Gasteiger partial charge in [0.1, 0.15) is 5.69 Å². The number of H-pyrrole nitrogens is 1. The van der Waals surface area contributed by atoms with Gasteiger partial charge in [0.05, 0.1) is 10.2 Å². The smallest absolute Gasteiger partial charge is 0.270 e. The molecule has 1 saturated heterocycles. The van der Waals surface area contributed by atoms with Crippen molar-refractivity contribution in [1.29, 1.82) is 0 Å². The number of rotatable bonds is 2. The van der Waals surface area contributed by atoms with Gasteiger partial charge in [-0.25, -0.2) is 0 Å². The van der Waals surface area contributed by atoms with Gasteiger partial charge >= 0.3 is 0 Å². The second kappa shape index (κ2) is 6.13. The van der Waals surface area contributed by atoms with E-state index >= 15 is 0 Å². The molecule has 24 heavy (non-hydrogen) atoms. The third-order valence-corrected chi connectivity index (χ3v) is 5.21. The Kier molecular flexibility index (Phi) is 3.82. The van der Waals surface area contributed by atoms with Gasteiger partial charge in [-0.1, -0.05) is 18.2 Å². The van der Waals surface area contributed by atoms with Crippen LogP contribution in [0.15, 0.2) is 47.8 Å². The Labute approximate surface area is 143 Å². The Morgan fingerprint density at radius 2 is 1.58 bits per heavy atom. The molecule has 122 valence electrons. The summed E-state index contributed by atoms with van der Waals surface area (Å²) in [6.07, 6.45) is 0. The number of amides is 2. The molecule has 1 aliphatic heterocycles. The molecular weight excluding hydrogens is 322 g/mol. The van der Waals surface area contributed by atoms with E-state index in [1.165, 1.54) is 0 Å². The number of thiophene rings is 1. The van der Waals surface area contributed by atoms with E-state index in [-0.39, 0.29) is 11.8 Å². The minimum Gasteiger partial charge on any atom is -0.350 e. The largest absolute Gasteiger partial charge is 0.350 e. The fourth-order valence-corrected chi connectivity index (χ4v) is 3.79. The van der Waals surface area contributed by atoms with Gasteiger partial charge < -0.3 is 14.8 Å². The number of aromatic nitrogens is 1. The molecule has 2 aromatic heterocycles. The van der Waals surface area contributed by atoms with Crippen LogP contribution in [0.2, 0.25) is 0 Å². The minimum atomic E-state index is 0.00482. The van der Waals surface area contributed by atoms with Crippen molar-refractivity contribution in [2.75, 3.05) is 26.2 Å². The molecule has 0 atom stereocenters. The number of fused-ring (bicyclic) bond motifs is 1. The summed E-state index contributed by atoms with van der Waals surface area (Å²) in [4.78, 5) is 31.8. The molecule has 1 aliphatic rings. The maximum absolute atomic E-state index is 12.6. The van der Waals surface area contributed by atoms with Crippen LogP contribution in [0.5, 0.6) is 0 Å². The molecule has 3 heterocycles. The SMILES string of the molecule is O=C(c1ccccc1)N1CCN(C(=O)c2cc3sccc3[nH]2)CC1. The number of benzene rings is 1. The van der Waals surface area contributed by atoms with Crippen molar-refractivity contribution in [2.24, 2.45) is 0 Å². The lowest BCUT2D eigenvalue weighted by atomic mass is 10.2. The lowest BCUT2D eigenvalue weighted by Gasteiger charge is -2.34. The summed E-state index contributed by atoms with van der Waals surface area (Å²) in [7, 11) is 0. The van der Waals surface area contributed by atoms with E-state index in [4.69, 9.17) is 0 Å². The van der Waals surface area contributed by atoms with Crippen LogP contribution in [0.25, 0.3) is 10.2 Å². The zero-order valence-electron chi connectivity index (χ0n) is 13.1. The normalized spacial score (nSPS) is 15.0. The number of hydrogen-bond donors (Lipinski definition) is 1.